The van der Waals surface area contributed by atoms with Gasteiger partial charge in [0.2, 0.25) is 0 Å². The van der Waals surface area contributed by atoms with Gasteiger partial charge in [-0.25, -0.2) is 4.39 Å². The summed E-state index contributed by atoms with van der Waals surface area (Å²) in [5, 5.41) is 8.94. The van der Waals surface area contributed by atoms with E-state index in [9.17, 15) is 14.0 Å². The Morgan fingerprint density at radius 2 is 1.96 bits per heavy atom. The van der Waals surface area contributed by atoms with Crippen molar-refractivity contribution >= 4 is 11.8 Å². The van der Waals surface area contributed by atoms with E-state index in [-0.39, 0.29) is 37.0 Å². The zero-order valence-corrected chi connectivity index (χ0v) is 14.4. The number of esters is 1. The van der Waals surface area contributed by atoms with Crippen LogP contribution in [0.5, 0.6) is 0 Å². The molecule has 2 fully saturated rings. The Labute approximate surface area is 147 Å². The number of carbonyl (C=O) groups excluding carboxylic acids is 2. The first kappa shape index (κ1) is 18.1. The molecule has 1 unspecified atom stereocenters. The largest absolute Gasteiger partial charge is 0.458 e. The fourth-order valence-electron chi connectivity index (χ4n) is 4.30. The van der Waals surface area contributed by atoms with Gasteiger partial charge in [-0.1, -0.05) is 25.0 Å². The van der Waals surface area contributed by atoms with Gasteiger partial charge in [-0.2, -0.15) is 0 Å². The highest BCUT2D eigenvalue weighted by molar-refractivity contribution is 5.98. The molecular weight excluding hydrogens is 323 g/mol. The lowest BCUT2D eigenvalue weighted by Crippen LogP contribution is -2.48. The maximum Gasteiger partial charge on any atom is 0.313 e. The summed E-state index contributed by atoms with van der Waals surface area (Å²) in [5.41, 5.74) is 0.602. The second kappa shape index (κ2) is 7.65. The average molecular weight is 348 g/mol. The van der Waals surface area contributed by atoms with E-state index in [1.807, 2.05) is 6.07 Å². The summed E-state index contributed by atoms with van der Waals surface area (Å²) in [7, 11) is 0. The number of ketones is 1. The van der Waals surface area contributed by atoms with Crippen molar-refractivity contribution in [3.8, 4) is 0 Å². The molecule has 0 aromatic heterocycles. The first-order valence-electron chi connectivity index (χ1n) is 9.14. The lowest BCUT2D eigenvalue weighted by Gasteiger charge is -2.41. The summed E-state index contributed by atoms with van der Waals surface area (Å²) in [6.07, 6.45) is 5.72. The molecule has 2 aliphatic rings. The van der Waals surface area contributed by atoms with E-state index in [1.165, 1.54) is 6.07 Å². The lowest BCUT2D eigenvalue weighted by molar-refractivity contribution is -0.178. The molecule has 25 heavy (non-hydrogen) atoms. The van der Waals surface area contributed by atoms with Gasteiger partial charge < -0.3 is 9.84 Å². The standard InChI is InChI=1S/C20H25FO4/c21-18-11-14(5-6-15(18)8-10-22)7-9-20(16-3-1-2-4-16)13-17(23)12-19(24)25-20/h5-6,11,16,22H,1-4,7-10,12-13H2. The van der Waals surface area contributed by atoms with Gasteiger partial charge in [-0.15, -0.1) is 0 Å². The van der Waals surface area contributed by atoms with Crippen molar-refractivity contribution in [1.82, 2.24) is 0 Å². The van der Waals surface area contributed by atoms with Gasteiger partial charge >= 0.3 is 5.97 Å². The minimum Gasteiger partial charge on any atom is -0.458 e. The second-order valence-corrected chi connectivity index (χ2v) is 7.31. The van der Waals surface area contributed by atoms with Crippen LogP contribution in [-0.4, -0.2) is 29.1 Å². The Bertz CT molecular complexity index is 633. The molecule has 3 rings (SSSR count). The number of hydrogen-bond donors (Lipinski definition) is 1. The third-order valence-corrected chi connectivity index (χ3v) is 5.59. The molecule has 136 valence electrons. The van der Waals surface area contributed by atoms with E-state index >= 15 is 0 Å². The molecule has 1 aromatic carbocycles. The van der Waals surface area contributed by atoms with E-state index in [1.54, 1.807) is 6.07 Å². The maximum absolute atomic E-state index is 14.1. The third-order valence-electron chi connectivity index (χ3n) is 5.59. The number of rotatable bonds is 6. The van der Waals surface area contributed by atoms with E-state index in [2.05, 4.69) is 0 Å². The molecule has 0 amide bonds. The van der Waals surface area contributed by atoms with Crippen molar-refractivity contribution in [1.29, 1.82) is 0 Å². The van der Waals surface area contributed by atoms with Crippen LogP contribution < -0.4 is 0 Å². The molecule has 1 N–H and O–H groups in total. The summed E-state index contributed by atoms with van der Waals surface area (Å²) in [6.45, 7) is -0.0842. The fraction of sp³-hybridized carbons (Fsp3) is 0.600. The number of benzene rings is 1. The zero-order chi connectivity index (χ0) is 17.9. The van der Waals surface area contributed by atoms with Crippen molar-refractivity contribution in [2.75, 3.05) is 6.61 Å². The lowest BCUT2D eigenvalue weighted by atomic mass is 9.76. The highest BCUT2D eigenvalue weighted by Crippen LogP contribution is 2.43. The first-order valence-corrected chi connectivity index (χ1v) is 9.14. The molecule has 0 radical (unpaired) electrons. The predicted octanol–water partition coefficient (Wildman–Crippen LogP) is 3.13. The van der Waals surface area contributed by atoms with Gasteiger partial charge in [0.05, 0.1) is 0 Å². The Balaban J connectivity index is 1.75. The number of aryl methyl sites for hydroxylation is 1. The van der Waals surface area contributed by atoms with Crippen LogP contribution in [0, 0.1) is 11.7 Å². The number of carbonyl (C=O) groups is 2. The van der Waals surface area contributed by atoms with E-state index in [4.69, 9.17) is 9.84 Å². The minimum atomic E-state index is -0.719. The monoisotopic (exact) mass is 348 g/mol. The van der Waals surface area contributed by atoms with Crippen molar-refractivity contribution in [2.45, 2.75) is 63.4 Å². The third kappa shape index (κ3) is 4.09. The molecule has 0 bridgehead atoms. The SMILES string of the molecule is O=C1CC(=O)OC(CCc2ccc(CCO)c(F)c2)(C2CCCC2)C1. The molecule has 1 aliphatic carbocycles. The van der Waals surface area contributed by atoms with Crippen molar-refractivity contribution in [3.63, 3.8) is 0 Å². The first-order chi connectivity index (χ1) is 12.0. The van der Waals surface area contributed by atoms with Crippen LogP contribution in [0.3, 0.4) is 0 Å². The summed E-state index contributed by atoms with van der Waals surface area (Å²) < 4.78 is 19.8. The number of aliphatic hydroxyl groups is 1. The molecular formula is C20H25FO4. The smallest absolute Gasteiger partial charge is 0.313 e. The molecule has 4 nitrogen and oxygen atoms in total. The van der Waals surface area contributed by atoms with Crippen LogP contribution in [0.4, 0.5) is 4.39 Å². The second-order valence-electron chi connectivity index (χ2n) is 7.31. The quantitative estimate of drug-likeness (QED) is 0.634. The number of cyclic esters (lactones) is 1. The van der Waals surface area contributed by atoms with Gasteiger partial charge in [0.15, 0.2) is 0 Å². The Morgan fingerprint density at radius 1 is 1.20 bits per heavy atom. The highest BCUT2D eigenvalue weighted by Gasteiger charge is 2.47. The zero-order valence-electron chi connectivity index (χ0n) is 14.4. The van der Waals surface area contributed by atoms with Crippen LogP contribution in [0.15, 0.2) is 18.2 Å². The normalized spacial score (nSPS) is 24.6. The van der Waals surface area contributed by atoms with Crippen LogP contribution in [0.1, 0.15) is 56.1 Å². The van der Waals surface area contributed by atoms with E-state index < -0.39 is 11.6 Å². The van der Waals surface area contributed by atoms with Gasteiger partial charge in [0.1, 0.15) is 23.6 Å². The fourth-order valence-corrected chi connectivity index (χ4v) is 4.30. The summed E-state index contributed by atoms with van der Waals surface area (Å²) >= 11 is 0. The summed E-state index contributed by atoms with van der Waals surface area (Å²) in [6, 6.07) is 5.03. The Hall–Kier alpha value is -1.75. The molecule has 1 aliphatic heterocycles. The molecule has 1 saturated heterocycles. The van der Waals surface area contributed by atoms with Crippen molar-refractivity contribution < 1.29 is 23.8 Å². The summed E-state index contributed by atoms with van der Waals surface area (Å²) in [5.74, 6) is -0.572. The van der Waals surface area contributed by atoms with Crippen molar-refractivity contribution in [2.24, 2.45) is 5.92 Å². The minimum absolute atomic E-state index is 0.0485. The number of hydrogen-bond acceptors (Lipinski definition) is 4. The number of Topliss-reactive ketones (excluding diaryl/α,β-unsaturated/α-hetero) is 1. The molecule has 1 atom stereocenters. The Morgan fingerprint density at radius 3 is 2.60 bits per heavy atom. The van der Waals surface area contributed by atoms with Crippen LogP contribution in [-0.2, 0) is 27.2 Å². The summed E-state index contributed by atoms with van der Waals surface area (Å²) in [4.78, 5) is 23.9. The average Bonchev–Trinajstić information content (AvgIpc) is 3.10. The van der Waals surface area contributed by atoms with Gasteiger partial charge in [-0.05, 0) is 55.2 Å². The number of ether oxygens (including phenoxy) is 1. The van der Waals surface area contributed by atoms with Gasteiger partial charge in [0.25, 0.3) is 0 Å². The van der Waals surface area contributed by atoms with Crippen LogP contribution in [0.2, 0.25) is 0 Å². The van der Waals surface area contributed by atoms with Gasteiger partial charge in [0, 0.05) is 13.0 Å². The van der Waals surface area contributed by atoms with Crippen molar-refractivity contribution in [3.05, 3.63) is 35.1 Å². The molecule has 1 aromatic rings. The predicted molar refractivity (Wildman–Crippen MR) is 90.5 cm³/mol. The molecule has 5 heteroatoms. The van der Waals surface area contributed by atoms with Crippen LogP contribution >= 0.6 is 0 Å². The van der Waals surface area contributed by atoms with Crippen LogP contribution in [0.25, 0.3) is 0 Å². The topological polar surface area (TPSA) is 63.6 Å². The maximum atomic E-state index is 14.1. The molecule has 0 spiro atoms. The van der Waals surface area contributed by atoms with E-state index in [0.717, 1.165) is 31.2 Å². The number of aliphatic hydroxyl groups excluding tert-OH is 1. The van der Waals surface area contributed by atoms with Gasteiger partial charge in [-0.3, -0.25) is 9.59 Å². The molecule has 1 heterocycles. The molecule has 1 saturated carbocycles. The Kier molecular flexibility index (Phi) is 5.52. The van der Waals surface area contributed by atoms with E-state index in [0.29, 0.717) is 24.8 Å². The number of halogens is 1. The highest BCUT2D eigenvalue weighted by atomic mass is 19.1.